The topological polar surface area (TPSA) is 77.2 Å². The minimum atomic E-state index is -0.0657. The summed E-state index contributed by atoms with van der Waals surface area (Å²) < 4.78 is 5.65. The lowest BCUT2D eigenvalue weighted by atomic mass is 9.84. The van der Waals surface area contributed by atoms with Crippen LogP contribution in [0.15, 0.2) is 48.7 Å². The Morgan fingerprint density at radius 2 is 1.81 bits per heavy atom. The number of rotatable bonds is 4. The molecule has 2 fully saturated rings. The summed E-state index contributed by atoms with van der Waals surface area (Å²) in [7, 11) is 0. The standard InChI is InChI=1S/C19H21N3O2.2ClH/c20-18-13-7-6-12(10-13)17(18)19(23)22-14-8-9-16(21-11-14)24-15-4-2-1-3-5-15;;/h1-5,8-9,11-13,17-18H,6-7,10,20H2,(H,22,23);2*1H. The van der Waals surface area contributed by atoms with Crippen LogP contribution < -0.4 is 15.8 Å². The van der Waals surface area contributed by atoms with Crippen LogP contribution in [-0.2, 0) is 4.79 Å². The lowest BCUT2D eigenvalue weighted by Gasteiger charge is -2.26. The molecule has 1 aromatic carbocycles. The van der Waals surface area contributed by atoms with Gasteiger partial charge in [-0.1, -0.05) is 18.2 Å². The first-order valence-electron chi connectivity index (χ1n) is 8.46. The highest BCUT2D eigenvalue weighted by atomic mass is 35.5. The quantitative estimate of drug-likeness (QED) is 0.818. The molecule has 2 saturated carbocycles. The number of carbonyl (C=O) groups excluding carboxylic acids is 1. The molecular formula is C19H23Cl2N3O2. The largest absolute Gasteiger partial charge is 0.439 e. The number of fused-ring (bicyclic) bond motifs is 2. The zero-order valence-electron chi connectivity index (χ0n) is 14.2. The molecule has 5 nitrogen and oxygen atoms in total. The molecule has 1 heterocycles. The summed E-state index contributed by atoms with van der Waals surface area (Å²) in [6.07, 6.45) is 5.01. The van der Waals surface area contributed by atoms with E-state index < -0.39 is 0 Å². The number of amides is 1. The number of pyridine rings is 1. The first-order chi connectivity index (χ1) is 11.7. The number of ether oxygens (including phenoxy) is 1. The van der Waals surface area contributed by atoms with E-state index in [4.69, 9.17) is 10.5 Å². The van der Waals surface area contributed by atoms with E-state index in [-0.39, 0.29) is 42.7 Å². The van der Waals surface area contributed by atoms with Crippen molar-refractivity contribution in [3.63, 3.8) is 0 Å². The molecule has 2 bridgehead atoms. The summed E-state index contributed by atoms with van der Waals surface area (Å²) in [6.45, 7) is 0. The fourth-order valence-corrected chi connectivity index (χ4v) is 4.07. The zero-order valence-corrected chi connectivity index (χ0v) is 15.8. The van der Waals surface area contributed by atoms with Crippen molar-refractivity contribution in [2.75, 3.05) is 5.32 Å². The van der Waals surface area contributed by atoms with Gasteiger partial charge in [0.25, 0.3) is 0 Å². The molecule has 26 heavy (non-hydrogen) atoms. The van der Waals surface area contributed by atoms with Gasteiger partial charge in [-0.05, 0) is 49.3 Å². The van der Waals surface area contributed by atoms with Gasteiger partial charge in [0.1, 0.15) is 5.75 Å². The number of benzene rings is 1. The molecular weight excluding hydrogens is 373 g/mol. The van der Waals surface area contributed by atoms with E-state index >= 15 is 0 Å². The highest BCUT2D eigenvalue weighted by Gasteiger charge is 2.49. The number of para-hydroxylation sites is 1. The Hall–Kier alpha value is -1.82. The number of anilines is 1. The Kier molecular flexibility index (Phi) is 6.87. The Morgan fingerprint density at radius 3 is 2.42 bits per heavy atom. The maximum atomic E-state index is 12.5. The van der Waals surface area contributed by atoms with Crippen molar-refractivity contribution >= 4 is 36.4 Å². The summed E-state index contributed by atoms with van der Waals surface area (Å²) >= 11 is 0. The van der Waals surface area contributed by atoms with Gasteiger partial charge in [0.15, 0.2) is 0 Å². The molecule has 3 N–H and O–H groups in total. The molecule has 2 aliphatic rings. The summed E-state index contributed by atoms with van der Waals surface area (Å²) in [5.41, 5.74) is 6.91. The number of halogens is 2. The molecule has 4 atom stereocenters. The van der Waals surface area contributed by atoms with Gasteiger partial charge in [0.2, 0.25) is 11.8 Å². The minimum absolute atomic E-state index is 0. The van der Waals surface area contributed by atoms with Crippen molar-refractivity contribution in [1.82, 2.24) is 4.98 Å². The molecule has 2 aromatic rings. The molecule has 7 heteroatoms. The monoisotopic (exact) mass is 395 g/mol. The number of aromatic nitrogens is 1. The van der Waals surface area contributed by atoms with Gasteiger partial charge >= 0.3 is 0 Å². The second-order valence-electron chi connectivity index (χ2n) is 6.73. The van der Waals surface area contributed by atoms with Crippen LogP contribution >= 0.6 is 24.8 Å². The normalized spacial score (nSPS) is 25.7. The predicted molar refractivity (Wildman–Crippen MR) is 106 cm³/mol. The van der Waals surface area contributed by atoms with E-state index in [0.717, 1.165) is 18.6 Å². The van der Waals surface area contributed by atoms with Gasteiger partial charge in [0.05, 0.1) is 17.8 Å². The minimum Gasteiger partial charge on any atom is -0.439 e. The molecule has 0 saturated heterocycles. The molecule has 1 amide bonds. The predicted octanol–water partition coefficient (Wildman–Crippen LogP) is 4.03. The number of nitrogens with zero attached hydrogens (tertiary/aromatic N) is 1. The summed E-state index contributed by atoms with van der Waals surface area (Å²) in [4.78, 5) is 16.8. The molecule has 4 unspecified atom stereocenters. The van der Waals surface area contributed by atoms with Gasteiger partial charge in [-0.3, -0.25) is 4.79 Å². The fourth-order valence-electron chi connectivity index (χ4n) is 4.07. The lowest BCUT2D eigenvalue weighted by Crippen LogP contribution is -2.42. The molecule has 140 valence electrons. The zero-order chi connectivity index (χ0) is 16.5. The van der Waals surface area contributed by atoms with Crippen molar-refractivity contribution in [2.45, 2.75) is 25.3 Å². The summed E-state index contributed by atoms with van der Waals surface area (Å²) in [5, 5.41) is 2.95. The molecule has 2 aliphatic carbocycles. The van der Waals surface area contributed by atoms with Crippen LogP contribution in [0.25, 0.3) is 0 Å². The van der Waals surface area contributed by atoms with Crippen molar-refractivity contribution in [2.24, 2.45) is 23.5 Å². The van der Waals surface area contributed by atoms with Gasteiger partial charge in [-0.2, -0.15) is 0 Å². The second-order valence-corrected chi connectivity index (χ2v) is 6.73. The highest BCUT2D eigenvalue weighted by molar-refractivity contribution is 5.93. The lowest BCUT2D eigenvalue weighted by molar-refractivity contribution is -0.121. The van der Waals surface area contributed by atoms with Gasteiger partial charge < -0.3 is 15.8 Å². The Labute approximate surface area is 165 Å². The average Bonchev–Trinajstić information content (AvgIpc) is 3.18. The van der Waals surface area contributed by atoms with Crippen LogP contribution in [0.3, 0.4) is 0 Å². The summed E-state index contributed by atoms with van der Waals surface area (Å²) in [6, 6.07) is 13.0. The average molecular weight is 396 g/mol. The van der Waals surface area contributed by atoms with E-state index in [1.165, 1.54) is 6.42 Å². The third-order valence-corrected chi connectivity index (χ3v) is 5.25. The first-order valence-corrected chi connectivity index (χ1v) is 8.46. The Morgan fingerprint density at radius 1 is 1.08 bits per heavy atom. The van der Waals surface area contributed by atoms with Gasteiger partial charge in [-0.15, -0.1) is 24.8 Å². The van der Waals surface area contributed by atoms with Crippen molar-refractivity contribution in [1.29, 1.82) is 0 Å². The molecule has 0 spiro atoms. The Balaban J connectivity index is 0.00000121. The molecule has 4 rings (SSSR count). The number of nitrogens with two attached hydrogens (primary N) is 1. The molecule has 0 radical (unpaired) electrons. The Bertz CT molecular complexity index is 725. The summed E-state index contributed by atoms with van der Waals surface area (Å²) in [5.74, 6) is 2.15. The van der Waals surface area contributed by atoms with E-state index in [9.17, 15) is 4.79 Å². The highest BCUT2D eigenvalue weighted by Crippen LogP contribution is 2.47. The van der Waals surface area contributed by atoms with E-state index in [1.807, 2.05) is 36.4 Å². The van der Waals surface area contributed by atoms with Crippen LogP contribution in [0.1, 0.15) is 19.3 Å². The number of hydrogen-bond acceptors (Lipinski definition) is 4. The number of carbonyl (C=O) groups is 1. The number of nitrogens with one attached hydrogen (secondary N) is 1. The third-order valence-electron chi connectivity index (χ3n) is 5.25. The van der Waals surface area contributed by atoms with Crippen molar-refractivity contribution in [3.05, 3.63) is 48.7 Å². The maximum Gasteiger partial charge on any atom is 0.229 e. The smallest absolute Gasteiger partial charge is 0.229 e. The van der Waals surface area contributed by atoms with Crippen LogP contribution in [0, 0.1) is 17.8 Å². The van der Waals surface area contributed by atoms with E-state index in [1.54, 1.807) is 12.3 Å². The third kappa shape index (κ3) is 4.11. The van der Waals surface area contributed by atoms with Crippen LogP contribution in [0.4, 0.5) is 5.69 Å². The van der Waals surface area contributed by atoms with Crippen molar-refractivity contribution < 1.29 is 9.53 Å². The fraction of sp³-hybridized carbons (Fsp3) is 0.368. The molecule has 0 aliphatic heterocycles. The van der Waals surface area contributed by atoms with Gasteiger partial charge in [-0.25, -0.2) is 4.98 Å². The van der Waals surface area contributed by atoms with Crippen LogP contribution in [0.5, 0.6) is 11.6 Å². The maximum absolute atomic E-state index is 12.5. The molecule has 1 aromatic heterocycles. The van der Waals surface area contributed by atoms with Crippen LogP contribution in [-0.4, -0.2) is 16.9 Å². The number of hydrogen-bond donors (Lipinski definition) is 2. The van der Waals surface area contributed by atoms with Crippen LogP contribution in [0.2, 0.25) is 0 Å². The van der Waals surface area contributed by atoms with E-state index in [0.29, 0.717) is 23.4 Å². The van der Waals surface area contributed by atoms with E-state index in [2.05, 4.69) is 10.3 Å². The van der Waals surface area contributed by atoms with Gasteiger partial charge in [0, 0.05) is 12.1 Å². The first kappa shape index (κ1) is 20.5. The SMILES string of the molecule is Cl.Cl.NC1C2CCC(C2)C1C(=O)Nc1ccc(Oc2ccccc2)nc1. The van der Waals surface area contributed by atoms with Crippen molar-refractivity contribution in [3.8, 4) is 11.6 Å². The second kappa shape index (κ2) is 8.71.